The lowest BCUT2D eigenvalue weighted by molar-refractivity contribution is -0.151. The van der Waals surface area contributed by atoms with E-state index in [9.17, 15) is 19.8 Å². The van der Waals surface area contributed by atoms with Crippen molar-refractivity contribution < 1.29 is 24.5 Å². The van der Waals surface area contributed by atoms with E-state index in [0.717, 1.165) is 96.3 Å². The Morgan fingerprint density at radius 2 is 0.851 bits per heavy atom. The number of hydrogen-bond acceptors (Lipinski definition) is 5. The third kappa shape index (κ3) is 49.8. The fourth-order valence-electron chi connectivity index (χ4n) is 8.73. The number of hydrogen-bond donors (Lipinski definition) is 3. The molecule has 0 aromatic heterocycles. The van der Waals surface area contributed by atoms with Crippen molar-refractivity contribution in [1.29, 1.82) is 0 Å². The van der Waals surface area contributed by atoms with Gasteiger partial charge in [-0.25, -0.2) is 0 Å². The second-order valence-electron chi connectivity index (χ2n) is 19.7. The first-order valence-electron chi connectivity index (χ1n) is 29.0. The highest BCUT2D eigenvalue weighted by atomic mass is 16.5. The third-order valence-corrected chi connectivity index (χ3v) is 13.1. The van der Waals surface area contributed by atoms with Crippen molar-refractivity contribution in [2.24, 2.45) is 0 Å². The quantitative estimate of drug-likeness (QED) is 0.0244. The van der Waals surface area contributed by atoms with E-state index in [2.05, 4.69) is 86.8 Å². The van der Waals surface area contributed by atoms with Crippen LogP contribution in [0.3, 0.4) is 0 Å². The Morgan fingerprint density at radius 3 is 1.33 bits per heavy atom. The fourth-order valence-corrected chi connectivity index (χ4v) is 8.73. The predicted molar refractivity (Wildman–Crippen MR) is 292 cm³/mol. The highest BCUT2D eigenvalue weighted by molar-refractivity contribution is 5.77. The first-order chi connectivity index (χ1) is 33.0. The maximum Gasteiger partial charge on any atom is 0.306 e. The summed E-state index contributed by atoms with van der Waals surface area (Å²) in [5.41, 5.74) is 0. The van der Waals surface area contributed by atoms with Crippen LogP contribution in [0.2, 0.25) is 0 Å². The van der Waals surface area contributed by atoms with E-state index in [4.69, 9.17) is 4.74 Å². The number of rotatable bonds is 52. The summed E-state index contributed by atoms with van der Waals surface area (Å²) in [7, 11) is 0. The molecule has 3 atom stereocenters. The summed E-state index contributed by atoms with van der Waals surface area (Å²) in [5.74, 6) is -0.507. The van der Waals surface area contributed by atoms with Gasteiger partial charge in [-0.1, -0.05) is 255 Å². The monoisotopic (exact) mass is 938 g/mol. The van der Waals surface area contributed by atoms with E-state index >= 15 is 0 Å². The van der Waals surface area contributed by atoms with Crippen molar-refractivity contribution in [3.63, 3.8) is 0 Å². The van der Waals surface area contributed by atoms with Gasteiger partial charge in [0, 0.05) is 6.42 Å². The minimum atomic E-state index is -0.799. The standard InChI is InChI=1S/C61H111NO5/c1-4-7-10-13-16-19-22-25-28-31-34-37-40-43-46-49-52-57(67-61(66)54-51-48-45-42-39-36-33-30-27-24-21-18-15-12-9-6-3)55-60(65)62-58(56-63)59(64)53-50-47-44-41-38-35-32-29-26-23-20-17-14-11-8-5-2/h9,12,18,21,27-28,30-31,34,37,57-59,63-64H,4-8,10-11,13-17,19-20,22-26,29,32-33,35-36,38-56H2,1-3H3,(H,62,65)/b12-9+,21-18+,30-27+,31-28+,37-34+. The molecule has 0 spiro atoms. The maximum absolute atomic E-state index is 13.3. The molecule has 0 rings (SSSR count). The number of aliphatic hydroxyl groups is 2. The van der Waals surface area contributed by atoms with Gasteiger partial charge in [0.1, 0.15) is 6.10 Å². The molecule has 0 aliphatic carbocycles. The summed E-state index contributed by atoms with van der Waals surface area (Å²) < 4.78 is 5.95. The lowest BCUT2D eigenvalue weighted by atomic mass is 10.0. The Morgan fingerprint density at radius 1 is 0.463 bits per heavy atom. The first kappa shape index (κ1) is 64.6. The number of carbonyl (C=O) groups excluding carboxylic acids is 2. The molecule has 0 aromatic rings. The van der Waals surface area contributed by atoms with Gasteiger partial charge in [0.15, 0.2) is 0 Å². The molecule has 1 amide bonds. The van der Waals surface area contributed by atoms with Crippen LogP contribution < -0.4 is 5.32 Å². The molecule has 3 N–H and O–H groups in total. The van der Waals surface area contributed by atoms with Gasteiger partial charge in [0.2, 0.25) is 5.91 Å². The molecule has 0 aliphatic heterocycles. The molecular weight excluding hydrogens is 827 g/mol. The Hall–Kier alpha value is -2.44. The lowest BCUT2D eigenvalue weighted by Gasteiger charge is -2.24. The van der Waals surface area contributed by atoms with Gasteiger partial charge >= 0.3 is 5.97 Å². The number of ether oxygens (including phenoxy) is 1. The van der Waals surface area contributed by atoms with Crippen molar-refractivity contribution in [2.75, 3.05) is 6.61 Å². The highest BCUT2D eigenvalue weighted by Crippen LogP contribution is 2.18. The van der Waals surface area contributed by atoms with Crippen LogP contribution in [0.1, 0.15) is 290 Å². The molecular formula is C61H111NO5. The summed E-state index contributed by atoms with van der Waals surface area (Å²) in [6, 6.07) is -0.715. The van der Waals surface area contributed by atoms with E-state index in [1.54, 1.807) is 0 Å². The summed E-state index contributed by atoms with van der Waals surface area (Å²) in [4.78, 5) is 26.3. The molecule has 0 fully saturated rings. The fraction of sp³-hybridized carbons (Fsp3) is 0.803. The van der Waals surface area contributed by atoms with Gasteiger partial charge in [-0.3, -0.25) is 9.59 Å². The lowest BCUT2D eigenvalue weighted by Crippen LogP contribution is -2.46. The zero-order valence-electron chi connectivity index (χ0n) is 44.5. The molecule has 0 saturated heterocycles. The van der Waals surface area contributed by atoms with Crippen LogP contribution in [-0.4, -0.2) is 46.9 Å². The van der Waals surface area contributed by atoms with Crippen molar-refractivity contribution in [3.05, 3.63) is 60.8 Å². The topological polar surface area (TPSA) is 95.9 Å². The van der Waals surface area contributed by atoms with E-state index in [1.165, 1.54) is 148 Å². The molecule has 0 radical (unpaired) electrons. The van der Waals surface area contributed by atoms with Crippen LogP contribution in [0.5, 0.6) is 0 Å². The van der Waals surface area contributed by atoms with Gasteiger partial charge in [-0.05, 0) is 83.5 Å². The number of amides is 1. The SMILES string of the molecule is CC/C=C/C/C=C/C/C=C/CCCCCCCCC(=O)OC(CCCCC/C=C/C=C/CCCCCCCCC)CC(=O)NC(CO)C(O)CCCCCCCCCCCCCCCCCC. The molecule has 390 valence electrons. The van der Waals surface area contributed by atoms with Crippen LogP contribution in [0.15, 0.2) is 60.8 Å². The second-order valence-corrected chi connectivity index (χ2v) is 19.7. The summed E-state index contributed by atoms with van der Waals surface area (Å²) in [6.07, 6.45) is 68.6. The Kier molecular flexibility index (Phi) is 52.5. The largest absolute Gasteiger partial charge is 0.462 e. The molecule has 67 heavy (non-hydrogen) atoms. The molecule has 0 aliphatic rings. The van der Waals surface area contributed by atoms with Gasteiger partial charge in [0.05, 0.1) is 25.2 Å². The Labute approximate surface area is 416 Å². The van der Waals surface area contributed by atoms with Gasteiger partial charge < -0.3 is 20.3 Å². The number of nitrogens with one attached hydrogen (secondary N) is 1. The van der Waals surface area contributed by atoms with Crippen LogP contribution in [-0.2, 0) is 14.3 Å². The zero-order valence-corrected chi connectivity index (χ0v) is 44.5. The molecule has 6 heteroatoms. The number of unbranched alkanes of at least 4 members (excludes halogenated alkanes) is 31. The van der Waals surface area contributed by atoms with Gasteiger partial charge in [0.25, 0.3) is 0 Å². The molecule has 0 heterocycles. The van der Waals surface area contributed by atoms with Crippen LogP contribution in [0.4, 0.5) is 0 Å². The minimum absolute atomic E-state index is 0.0540. The predicted octanol–water partition coefficient (Wildman–Crippen LogP) is 18.0. The van der Waals surface area contributed by atoms with Crippen LogP contribution in [0.25, 0.3) is 0 Å². The van der Waals surface area contributed by atoms with Crippen LogP contribution in [0, 0.1) is 0 Å². The summed E-state index contributed by atoms with van der Waals surface area (Å²) in [6.45, 7) is 6.39. The highest BCUT2D eigenvalue weighted by Gasteiger charge is 2.24. The second kappa shape index (κ2) is 54.5. The summed E-state index contributed by atoms with van der Waals surface area (Å²) >= 11 is 0. The third-order valence-electron chi connectivity index (χ3n) is 13.1. The van der Waals surface area contributed by atoms with E-state index < -0.39 is 18.2 Å². The van der Waals surface area contributed by atoms with Crippen molar-refractivity contribution in [2.45, 2.75) is 309 Å². The molecule has 0 saturated carbocycles. The molecule has 0 bridgehead atoms. The summed E-state index contributed by atoms with van der Waals surface area (Å²) in [5, 5.41) is 23.9. The number of esters is 1. The van der Waals surface area contributed by atoms with Gasteiger partial charge in [-0.2, -0.15) is 0 Å². The Bertz CT molecular complexity index is 1190. The van der Waals surface area contributed by atoms with E-state index in [-0.39, 0.29) is 24.9 Å². The molecule has 0 aromatic carbocycles. The van der Waals surface area contributed by atoms with Crippen molar-refractivity contribution >= 4 is 11.9 Å². The minimum Gasteiger partial charge on any atom is -0.462 e. The average Bonchev–Trinajstić information content (AvgIpc) is 3.32. The van der Waals surface area contributed by atoms with Crippen LogP contribution >= 0.6 is 0 Å². The normalized spacial score (nSPS) is 13.6. The zero-order chi connectivity index (χ0) is 48.8. The first-order valence-corrected chi connectivity index (χ1v) is 29.0. The van der Waals surface area contributed by atoms with Crippen molar-refractivity contribution in [3.8, 4) is 0 Å². The number of carbonyl (C=O) groups is 2. The maximum atomic E-state index is 13.3. The van der Waals surface area contributed by atoms with Crippen molar-refractivity contribution in [1.82, 2.24) is 5.32 Å². The van der Waals surface area contributed by atoms with E-state index in [1.807, 2.05) is 0 Å². The smallest absolute Gasteiger partial charge is 0.306 e. The Balaban J connectivity index is 4.61. The number of allylic oxidation sites excluding steroid dienone is 10. The van der Waals surface area contributed by atoms with E-state index in [0.29, 0.717) is 19.3 Å². The molecule has 3 unspecified atom stereocenters. The number of aliphatic hydroxyl groups excluding tert-OH is 2. The van der Waals surface area contributed by atoms with Gasteiger partial charge in [-0.15, -0.1) is 0 Å². The molecule has 6 nitrogen and oxygen atoms in total. The average molecular weight is 939 g/mol.